The van der Waals surface area contributed by atoms with Crippen molar-refractivity contribution < 1.29 is 9.53 Å². The van der Waals surface area contributed by atoms with E-state index in [4.69, 9.17) is 22.1 Å². The fourth-order valence-electron chi connectivity index (χ4n) is 3.16. The second-order valence-corrected chi connectivity index (χ2v) is 8.08. The molecule has 7 heteroatoms. The van der Waals surface area contributed by atoms with Crippen LogP contribution >= 0.6 is 22.9 Å². The molecule has 0 aliphatic rings. The normalized spacial score (nSPS) is 10.9. The summed E-state index contributed by atoms with van der Waals surface area (Å²) in [5.74, 6) is 0.902. The van der Waals surface area contributed by atoms with Gasteiger partial charge in [-0.2, -0.15) is 0 Å². The summed E-state index contributed by atoms with van der Waals surface area (Å²) in [5, 5.41) is 6.48. The Morgan fingerprint density at radius 1 is 1.20 bits per heavy atom. The molecule has 4 aromatic rings. The molecule has 3 N–H and O–H groups in total. The summed E-state index contributed by atoms with van der Waals surface area (Å²) in [6.45, 7) is 2.45. The van der Waals surface area contributed by atoms with Gasteiger partial charge in [0.25, 0.3) is 5.91 Å². The Morgan fingerprint density at radius 3 is 2.77 bits per heavy atom. The summed E-state index contributed by atoms with van der Waals surface area (Å²) in [4.78, 5) is 16.9. The number of nitrogens with one attached hydrogen (secondary N) is 1. The molecular weight excluding hydrogens is 418 g/mol. The summed E-state index contributed by atoms with van der Waals surface area (Å²) >= 11 is 7.54. The van der Waals surface area contributed by atoms with E-state index in [0.29, 0.717) is 34.4 Å². The van der Waals surface area contributed by atoms with Gasteiger partial charge in [-0.1, -0.05) is 24.6 Å². The molecule has 0 atom stereocenters. The van der Waals surface area contributed by atoms with E-state index in [0.717, 1.165) is 22.1 Å². The van der Waals surface area contributed by atoms with Crippen molar-refractivity contribution in [3.63, 3.8) is 0 Å². The van der Waals surface area contributed by atoms with Crippen molar-refractivity contribution in [2.24, 2.45) is 0 Å². The van der Waals surface area contributed by atoms with Gasteiger partial charge in [-0.15, -0.1) is 11.3 Å². The van der Waals surface area contributed by atoms with Gasteiger partial charge in [0.15, 0.2) is 0 Å². The number of carbonyl (C=O) groups is 1. The summed E-state index contributed by atoms with van der Waals surface area (Å²) in [6, 6.07) is 14.1. The van der Waals surface area contributed by atoms with E-state index in [9.17, 15) is 4.79 Å². The number of nitrogens with two attached hydrogens (primary N) is 1. The number of ether oxygens (including phenoxy) is 1. The predicted molar refractivity (Wildman–Crippen MR) is 124 cm³/mol. The molecule has 0 saturated heterocycles. The maximum absolute atomic E-state index is 12.6. The van der Waals surface area contributed by atoms with Crippen molar-refractivity contribution >= 4 is 50.4 Å². The van der Waals surface area contributed by atoms with Gasteiger partial charge in [0.1, 0.15) is 18.2 Å². The SMILES string of the molecule is CCc1cnc(N)c2c(COc3cccc(C(=O)Nc4ccc(Cl)cc4)c3)csc12. The summed E-state index contributed by atoms with van der Waals surface area (Å²) < 4.78 is 7.12. The highest BCUT2D eigenvalue weighted by molar-refractivity contribution is 7.17. The Bertz CT molecular complexity index is 1210. The number of nitrogens with zero attached hydrogens (tertiary/aromatic N) is 1. The first kappa shape index (κ1) is 20.2. The van der Waals surface area contributed by atoms with Crippen LogP contribution in [-0.2, 0) is 13.0 Å². The Balaban J connectivity index is 1.49. The molecule has 152 valence electrons. The number of amides is 1. The van der Waals surface area contributed by atoms with Crippen molar-refractivity contribution in [2.75, 3.05) is 11.1 Å². The van der Waals surface area contributed by atoms with Gasteiger partial charge in [-0.3, -0.25) is 4.79 Å². The van der Waals surface area contributed by atoms with Crippen LogP contribution in [0.5, 0.6) is 5.75 Å². The number of aryl methyl sites for hydroxylation is 1. The van der Waals surface area contributed by atoms with Crippen LogP contribution in [0.15, 0.2) is 60.1 Å². The molecule has 0 spiro atoms. The molecule has 4 rings (SSSR count). The zero-order valence-corrected chi connectivity index (χ0v) is 17.9. The third-order valence-electron chi connectivity index (χ3n) is 4.75. The summed E-state index contributed by atoms with van der Waals surface area (Å²) in [6.07, 6.45) is 2.73. The van der Waals surface area contributed by atoms with E-state index in [-0.39, 0.29) is 5.91 Å². The number of aromatic nitrogens is 1. The molecule has 0 bridgehead atoms. The second kappa shape index (κ2) is 8.73. The average Bonchev–Trinajstić information content (AvgIpc) is 3.19. The van der Waals surface area contributed by atoms with E-state index in [1.807, 2.05) is 12.3 Å². The highest BCUT2D eigenvalue weighted by Crippen LogP contribution is 2.33. The molecule has 0 aliphatic heterocycles. The standard InChI is InChI=1S/C23H20ClN3O2S/c1-2-14-11-26-22(25)20-16(13-30-21(14)20)12-29-19-5-3-4-15(10-19)23(28)27-18-8-6-17(24)7-9-18/h3-11,13H,2,12H2,1H3,(H2,25,26)(H,27,28). The first-order chi connectivity index (χ1) is 14.5. The van der Waals surface area contributed by atoms with Crippen LogP contribution in [-0.4, -0.2) is 10.9 Å². The molecule has 0 radical (unpaired) electrons. The number of thiophene rings is 1. The van der Waals surface area contributed by atoms with E-state index < -0.39 is 0 Å². The Hall–Kier alpha value is -3.09. The Kier molecular flexibility index (Phi) is 5.88. The Morgan fingerprint density at radius 2 is 2.00 bits per heavy atom. The first-order valence-electron chi connectivity index (χ1n) is 9.48. The quantitative estimate of drug-likeness (QED) is 0.392. The van der Waals surface area contributed by atoms with Crippen LogP contribution in [0.2, 0.25) is 5.02 Å². The Labute approximate surface area is 183 Å². The lowest BCUT2D eigenvalue weighted by atomic mass is 10.1. The minimum Gasteiger partial charge on any atom is -0.489 e. The van der Waals surface area contributed by atoms with Gasteiger partial charge in [0, 0.05) is 38.1 Å². The number of benzene rings is 2. The monoisotopic (exact) mass is 437 g/mol. The van der Waals surface area contributed by atoms with Crippen molar-refractivity contribution in [2.45, 2.75) is 20.0 Å². The lowest BCUT2D eigenvalue weighted by Gasteiger charge is -2.09. The third-order valence-corrected chi connectivity index (χ3v) is 6.10. The molecule has 0 saturated carbocycles. The molecular formula is C23H20ClN3O2S. The minimum absolute atomic E-state index is 0.218. The zero-order chi connectivity index (χ0) is 21.1. The number of hydrogen-bond donors (Lipinski definition) is 2. The van der Waals surface area contributed by atoms with E-state index in [1.54, 1.807) is 53.8 Å². The van der Waals surface area contributed by atoms with Crippen LogP contribution < -0.4 is 15.8 Å². The minimum atomic E-state index is -0.218. The molecule has 30 heavy (non-hydrogen) atoms. The molecule has 0 unspecified atom stereocenters. The van der Waals surface area contributed by atoms with Crippen molar-refractivity contribution in [1.29, 1.82) is 0 Å². The van der Waals surface area contributed by atoms with Gasteiger partial charge >= 0.3 is 0 Å². The molecule has 0 fully saturated rings. The first-order valence-corrected chi connectivity index (χ1v) is 10.7. The molecule has 2 aromatic carbocycles. The van der Waals surface area contributed by atoms with Gasteiger partial charge in [-0.05, 0) is 59.8 Å². The smallest absolute Gasteiger partial charge is 0.255 e. The molecule has 2 heterocycles. The van der Waals surface area contributed by atoms with Crippen LogP contribution in [0, 0.1) is 0 Å². The number of hydrogen-bond acceptors (Lipinski definition) is 5. The number of carbonyl (C=O) groups excluding carboxylic acids is 1. The largest absolute Gasteiger partial charge is 0.489 e. The number of pyridine rings is 1. The van der Waals surface area contributed by atoms with Crippen LogP contribution in [0.25, 0.3) is 10.1 Å². The van der Waals surface area contributed by atoms with Crippen LogP contribution in [0.1, 0.15) is 28.4 Å². The van der Waals surface area contributed by atoms with Gasteiger partial charge in [-0.25, -0.2) is 4.98 Å². The molecule has 0 aliphatic carbocycles. The highest BCUT2D eigenvalue weighted by Gasteiger charge is 2.13. The number of anilines is 2. The van der Waals surface area contributed by atoms with Crippen LogP contribution in [0.4, 0.5) is 11.5 Å². The van der Waals surface area contributed by atoms with E-state index in [2.05, 4.69) is 22.6 Å². The van der Waals surface area contributed by atoms with Crippen molar-refractivity contribution in [3.8, 4) is 5.75 Å². The predicted octanol–water partition coefficient (Wildman–Crippen LogP) is 5.93. The van der Waals surface area contributed by atoms with Gasteiger partial charge in [0.2, 0.25) is 0 Å². The lowest BCUT2D eigenvalue weighted by molar-refractivity contribution is 0.102. The average molecular weight is 438 g/mol. The van der Waals surface area contributed by atoms with E-state index in [1.165, 1.54) is 5.56 Å². The third kappa shape index (κ3) is 4.25. The number of nitrogen functional groups attached to an aromatic ring is 1. The zero-order valence-electron chi connectivity index (χ0n) is 16.3. The van der Waals surface area contributed by atoms with Gasteiger partial charge < -0.3 is 15.8 Å². The van der Waals surface area contributed by atoms with Crippen molar-refractivity contribution in [1.82, 2.24) is 4.98 Å². The number of rotatable bonds is 6. The van der Waals surface area contributed by atoms with Crippen molar-refractivity contribution in [3.05, 3.63) is 81.8 Å². The second-order valence-electron chi connectivity index (χ2n) is 6.76. The fraction of sp³-hybridized carbons (Fsp3) is 0.130. The van der Waals surface area contributed by atoms with Crippen LogP contribution in [0.3, 0.4) is 0 Å². The molecule has 1 amide bonds. The summed E-state index contributed by atoms with van der Waals surface area (Å²) in [7, 11) is 0. The fourth-order valence-corrected chi connectivity index (χ4v) is 4.44. The van der Waals surface area contributed by atoms with E-state index >= 15 is 0 Å². The maximum atomic E-state index is 12.6. The number of halogens is 1. The maximum Gasteiger partial charge on any atom is 0.255 e. The number of fused-ring (bicyclic) bond motifs is 1. The lowest BCUT2D eigenvalue weighted by Crippen LogP contribution is -2.11. The highest BCUT2D eigenvalue weighted by atomic mass is 35.5. The topological polar surface area (TPSA) is 77.2 Å². The molecule has 5 nitrogen and oxygen atoms in total. The van der Waals surface area contributed by atoms with Gasteiger partial charge in [0.05, 0.1) is 0 Å². The molecule has 2 aromatic heterocycles. The summed E-state index contributed by atoms with van der Waals surface area (Å²) in [5.41, 5.74) is 9.47.